The molecule has 0 aliphatic carbocycles. The second kappa shape index (κ2) is 5.71. The standard InChI is InChI=1S/C13H16N2O4/c1-8-13(18)15-10-6-9(2-3-11(10)19-8)7-14-5-4-12(16)17/h2-3,6,8,14H,4-5,7H2,1H3,(H,15,18)(H,16,17). The topological polar surface area (TPSA) is 87.7 Å². The summed E-state index contributed by atoms with van der Waals surface area (Å²) in [7, 11) is 0. The number of hydrogen-bond donors (Lipinski definition) is 3. The summed E-state index contributed by atoms with van der Waals surface area (Å²) in [6, 6.07) is 5.52. The average Bonchev–Trinajstić information content (AvgIpc) is 2.36. The van der Waals surface area contributed by atoms with Crippen molar-refractivity contribution in [1.29, 1.82) is 0 Å². The normalized spacial score (nSPS) is 17.3. The molecule has 2 rings (SSSR count). The summed E-state index contributed by atoms with van der Waals surface area (Å²) in [5.74, 6) is -0.336. The lowest BCUT2D eigenvalue weighted by Gasteiger charge is -2.23. The molecule has 1 amide bonds. The van der Waals surface area contributed by atoms with Gasteiger partial charge in [-0.2, -0.15) is 0 Å². The van der Waals surface area contributed by atoms with Crippen LogP contribution in [-0.2, 0) is 16.1 Å². The van der Waals surface area contributed by atoms with E-state index in [-0.39, 0.29) is 12.3 Å². The van der Waals surface area contributed by atoms with Crippen LogP contribution in [0.1, 0.15) is 18.9 Å². The predicted octanol–water partition coefficient (Wildman–Crippen LogP) is 0.970. The third-order valence-electron chi connectivity index (χ3n) is 2.82. The summed E-state index contributed by atoms with van der Waals surface area (Å²) in [6.07, 6.45) is -0.394. The minimum Gasteiger partial charge on any atom is -0.481 e. The maximum absolute atomic E-state index is 11.5. The van der Waals surface area contributed by atoms with E-state index in [9.17, 15) is 9.59 Å². The van der Waals surface area contributed by atoms with Crippen molar-refractivity contribution in [2.24, 2.45) is 0 Å². The molecule has 1 atom stereocenters. The van der Waals surface area contributed by atoms with Gasteiger partial charge in [0.1, 0.15) is 5.75 Å². The molecule has 1 aliphatic heterocycles. The molecule has 102 valence electrons. The molecule has 0 radical (unpaired) electrons. The average molecular weight is 264 g/mol. The quantitative estimate of drug-likeness (QED) is 0.690. The van der Waals surface area contributed by atoms with Gasteiger partial charge in [0.25, 0.3) is 5.91 Å². The van der Waals surface area contributed by atoms with E-state index in [4.69, 9.17) is 9.84 Å². The van der Waals surface area contributed by atoms with Gasteiger partial charge in [-0.25, -0.2) is 0 Å². The molecule has 19 heavy (non-hydrogen) atoms. The van der Waals surface area contributed by atoms with Crippen LogP contribution in [0, 0.1) is 0 Å². The van der Waals surface area contributed by atoms with E-state index < -0.39 is 12.1 Å². The number of carboxylic acids is 1. The molecule has 1 unspecified atom stereocenters. The van der Waals surface area contributed by atoms with Crippen LogP contribution in [0.25, 0.3) is 0 Å². The lowest BCUT2D eigenvalue weighted by Crippen LogP contribution is -2.34. The zero-order chi connectivity index (χ0) is 13.8. The number of aliphatic carboxylic acids is 1. The van der Waals surface area contributed by atoms with Crippen LogP contribution in [0.15, 0.2) is 18.2 Å². The second-order valence-corrected chi connectivity index (χ2v) is 4.40. The van der Waals surface area contributed by atoms with Crippen LogP contribution < -0.4 is 15.4 Å². The lowest BCUT2D eigenvalue weighted by atomic mass is 10.1. The molecule has 1 heterocycles. The zero-order valence-electron chi connectivity index (χ0n) is 10.6. The Balaban J connectivity index is 1.95. The first kappa shape index (κ1) is 13.4. The van der Waals surface area contributed by atoms with E-state index in [1.54, 1.807) is 13.0 Å². The molecule has 0 aromatic heterocycles. The largest absolute Gasteiger partial charge is 0.481 e. The minimum absolute atomic E-state index is 0.0856. The van der Waals surface area contributed by atoms with Crippen molar-refractivity contribution >= 4 is 17.6 Å². The van der Waals surface area contributed by atoms with E-state index >= 15 is 0 Å². The van der Waals surface area contributed by atoms with Crippen LogP contribution >= 0.6 is 0 Å². The third-order valence-corrected chi connectivity index (χ3v) is 2.82. The smallest absolute Gasteiger partial charge is 0.304 e. The predicted molar refractivity (Wildman–Crippen MR) is 69.1 cm³/mol. The fourth-order valence-corrected chi connectivity index (χ4v) is 1.79. The van der Waals surface area contributed by atoms with Crippen molar-refractivity contribution < 1.29 is 19.4 Å². The molecule has 6 heteroatoms. The number of fused-ring (bicyclic) bond motifs is 1. The Hall–Kier alpha value is -2.08. The SMILES string of the molecule is CC1Oc2ccc(CNCCC(=O)O)cc2NC1=O. The molecule has 6 nitrogen and oxygen atoms in total. The second-order valence-electron chi connectivity index (χ2n) is 4.40. The number of hydrogen-bond acceptors (Lipinski definition) is 4. The lowest BCUT2D eigenvalue weighted by molar-refractivity contribution is -0.136. The maximum atomic E-state index is 11.5. The summed E-state index contributed by atoms with van der Waals surface area (Å²) in [5.41, 5.74) is 1.61. The molecule has 1 aliphatic rings. The van der Waals surface area contributed by atoms with Gasteiger partial charge in [-0.05, 0) is 24.6 Å². The highest BCUT2D eigenvalue weighted by Crippen LogP contribution is 2.30. The van der Waals surface area contributed by atoms with E-state index in [1.165, 1.54) is 0 Å². The van der Waals surface area contributed by atoms with Crippen molar-refractivity contribution in [3.8, 4) is 5.75 Å². The highest BCUT2D eigenvalue weighted by molar-refractivity contribution is 5.97. The van der Waals surface area contributed by atoms with Gasteiger partial charge in [0, 0.05) is 13.1 Å². The van der Waals surface area contributed by atoms with Gasteiger partial charge in [-0.15, -0.1) is 0 Å². The Bertz CT molecular complexity index is 501. The van der Waals surface area contributed by atoms with Crippen LogP contribution in [-0.4, -0.2) is 29.6 Å². The monoisotopic (exact) mass is 264 g/mol. The summed E-state index contributed by atoms with van der Waals surface area (Å²) in [6.45, 7) is 2.65. The van der Waals surface area contributed by atoms with Crippen molar-refractivity contribution in [1.82, 2.24) is 5.32 Å². The Morgan fingerprint density at radius 2 is 2.32 bits per heavy atom. The van der Waals surface area contributed by atoms with Crippen molar-refractivity contribution in [3.63, 3.8) is 0 Å². The van der Waals surface area contributed by atoms with E-state index in [2.05, 4.69) is 10.6 Å². The molecule has 0 spiro atoms. The van der Waals surface area contributed by atoms with E-state index in [1.807, 2.05) is 12.1 Å². The van der Waals surface area contributed by atoms with Crippen molar-refractivity contribution in [2.75, 3.05) is 11.9 Å². The van der Waals surface area contributed by atoms with Crippen molar-refractivity contribution in [2.45, 2.75) is 26.0 Å². The fourth-order valence-electron chi connectivity index (χ4n) is 1.79. The maximum Gasteiger partial charge on any atom is 0.304 e. The highest BCUT2D eigenvalue weighted by Gasteiger charge is 2.23. The zero-order valence-corrected chi connectivity index (χ0v) is 10.6. The van der Waals surface area contributed by atoms with Gasteiger partial charge in [0.2, 0.25) is 0 Å². The molecule has 3 N–H and O–H groups in total. The number of anilines is 1. The molecule has 0 saturated carbocycles. The first-order valence-electron chi connectivity index (χ1n) is 6.09. The van der Waals surface area contributed by atoms with Crippen molar-refractivity contribution in [3.05, 3.63) is 23.8 Å². The van der Waals surface area contributed by atoms with Gasteiger partial charge in [-0.1, -0.05) is 6.07 Å². The highest BCUT2D eigenvalue weighted by atomic mass is 16.5. The van der Waals surface area contributed by atoms with Gasteiger partial charge in [0.05, 0.1) is 12.1 Å². The van der Waals surface area contributed by atoms with E-state index in [0.29, 0.717) is 24.5 Å². The number of nitrogens with one attached hydrogen (secondary N) is 2. The first-order chi connectivity index (χ1) is 9.06. The molecule has 0 bridgehead atoms. The Labute approximate surface area is 110 Å². The minimum atomic E-state index is -0.826. The number of benzene rings is 1. The van der Waals surface area contributed by atoms with Gasteiger partial charge < -0.3 is 20.5 Å². The van der Waals surface area contributed by atoms with Crippen LogP contribution in [0.5, 0.6) is 5.75 Å². The Morgan fingerprint density at radius 3 is 3.05 bits per heavy atom. The molecule has 1 aromatic carbocycles. The third kappa shape index (κ3) is 3.45. The van der Waals surface area contributed by atoms with Gasteiger partial charge in [-0.3, -0.25) is 9.59 Å². The molecular weight excluding hydrogens is 248 g/mol. The Morgan fingerprint density at radius 1 is 1.53 bits per heavy atom. The number of carboxylic acid groups (broad SMARTS) is 1. The number of carbonyl (C=O) groups excluding carboxylic acids is 1. The van der Waals surface area contributed by atoms with E-state index in [0.717, 1.165) is 5.56 Å². The van der Waals surface area contributed by atoms with Crippen LogP contribution in [0.2, 0.25) is 0 Å². The summed E-state index contributed by atoms with van der Waals surface area (Å²) in [5, 5.41) is 14.3. The number of amides is 1. The number of ether oxygens (including phenoxy) is 1. The Kier molecular flexibility index (Phi) is 4.01. The molecule has 0 saturated heterocycles. The molecular formula is C13H16N2O4. The number of rotatable bonds is 5. The van der Waals surface area contributed by atoms with Gasteiger partial charge in [0.15, 0.2) is 6.10 Å². The summed E-state index contributed by atoms with van der Waals surface area (Å²) >= 11 is 0. The summed E-state index contributed by atoms with van der Waals surface area (Å²) < 4.78 is 5.45. The van der Waals surface area contributed by atoms with Crippen LogP contribution in [0.4, 0.5) is 5.69 Å². The molecule has 0 fully saturated rings. The molecule has 1 aromatic rings. The first-order valence-corrected chi connectivity index (χ1v) is 6.09. The van der Waals surface area contributed by atoms with Crippen LogP contribution in [0.3, 0.4) is 0 Å². The number of carbonyl (C=O) groups is 2. The fraction of sp³-hybridized carbons (Fsp3) is 0.385. The van der Waals surface area contributed by atoms with Gasteiger partial charge >= 0.3 is 5.97 Å². The summed E-state index contributed by atoms with van der Waals surface area (Å²) in [4.78, 5) is 21.9.